The zero-order chi connectivity index (χ0) is 24.5. The highest BCUT2D eigenvalue weighted by Gasteiger charge is 2.29. The summed E-state index contributed by atoms with van der Waals surface area (Å²) in [7, 11) is 1.56. The summed E-state index contributed by atoms with van der Waals surface area (Å²) in [6.45, 7) is 0.815. The molecule has 0 radical (unpaired) electrons. The third kappa shape index (κ3) is 4.65. The van der Waals surface area contributed by atoms with E-state index in [2.05, 4.69) is 12.1 Å². The number of ether oxygens (including phenoxy) is 1. The molecule has 0 fully saturated rings. The summed E-state index contributed by atoms with van der Waals surface area (Å²) >= 11 is 0. The third-order valence-corrected chi connectivity index (χ3v) is 7.22. The highest BCUT2D eigenvalue weighted by molar-refractivity contribution is 5.80. The minimum atomic E-state index is -0.923. The number of hydrogen-bond donors (Lipinski definition) is 1. The molecule has 1 aliphatic heterocycles. The summed E-state index contributed by atoms with van der Waals surface area (Å²) in [6, 6.07) is 16.8. The van der Waals surface area contributed by atoms with Gasteiger partial charge in [0, 0.05) is 25.1 Å². The zero-order valence-electron chi connectivity index (χ0n) is 19.7. The molecule has 6 heteroatoms. The molecule has 5 rings (SSSR count). The smallest absolute Gasteiger partial charge is 0.307 e. The number of hydrogen-bond acceptors (Lipinski definition) is 3. The summed E-state index contributed by atoms with van der Waals surface area (Å²) in [4.78, 5) is 26.4. The van der Waals surface area contributed by atoms with Gasteiger partial charge in [0.2, 0.25) is 5.91 Å². The summed E-state index contributed by atoms with van der Waals surface area (Å²) < 4.78 is 20.3. The van der Waals surface area contributed by atoms with Crippen LogP contribution in [-0.4, -0.2) is 35.5 Å². The van der Waals surface area contributed by atoms with Crippen LogP contribution in [0.25, 0.3) is 11.1 Å². The second-order valence-corrected chi connectivity index (χ2v) is 9.47. The van der Waals surface area contributed by atoms with Gasteiger partial charge in [-0.1, -0.05) is 36.4 Å². The van der Waals surface area contributed by atoms with E-state index in [0.717, 1.165) is 24.0 Å². The molecule has 5 nitrogen and oxygen atoms in total. The van der Waals surface area contributed by atoms with Gasteiger partial charge in [0.05, 0.1) is 13.5 Å². The van der Waals surface area contributed by atoms with Crippen LogP contribution in [0.2, 0.25) is 0 Å². The molecule has 0 atom stereocenters. The standard InChI is InChI=1S/C29H28FNO4/c1-35-27-9-6-18(16-29(33)34)14-24(27)22-7-8-26(30)23-10-11-31(17-25(22)23)28(32)15-19-12-20-4-2-3-5-21(20)13-19/h2-9,14,19H,10-13,15-17H2,1H3,(H,33,34). The zero-order valence-corrected chi connectivity index (χ0v) is 19.7. The summed E-state index contributed by atoms with van der Waals surface area (Å²) in [5, 5.41) is 9.23. The van der Waals surface area contributed by atoms with E-state index in [9.17, 15) is 19.1 Å². The molecule has 1 aliphatic carbocycles. The van der Waals surface area contributed by atoms with Crippen LogP contribution in [0.5, 0.6) is 5.75 Å². The lowest BCUT2D eigenvalue weighted by molar-refractivity contribution is -0.136. The first-order valence-corrected chi connectivity index (χ1v) is 12.0. The van der Waals surface area contributed by atoms with Crippen LogP contribution in [0.3, 0.4) is 0 Å². The van der Waals surface area contributed by atoms with E-state index in [1.165, 1.54) is 17.2 Å². The Labute approximate surface area is 204 Å². The molecule has 0 saturated heterocycles. The van der Waals surface area contributed by atoms with Crippen molar-refractivity contribution in [3.63, 3.8) is 0 Å². The molecular weight excluding hydrogens is 445 g/mol. The van der Waals surface area contributed by atoms with E-state index in [1.54, 1.807) is 31.4 Å². The highest BCUT2D eigenvalue weighted by atomic mass is 19.1. The largest absolute Gasteiger partial charge is 0.496 e. The van der Waals surface area contributed by atoms with Crippen LogP contribution in [0.15, 0.2) is 54.6 Å². The van der Waals surface area contributed by atoms with Gasteiger partial charge in [0.25, 0.3) is 0 Å². The number of fused-ring (bicyclic) bond motifs is 2. The first-order valence-electron chi connectivity index (χ1n) is 12.0. The number of carboxylic acid groups (broad SMARTS) is 1. The molecule has 0 aromatic heterocycles. The molecule has 1 amide bonds. The lowest BCUT2D eigenvalue weighted by Gasteiger charge is -2.32. The van der Waals surface area contributed by atoms with Crippen LogP contribution < -0.4 is 4.74 Å². The van der Waals surface area contributed by atoms with Gasteiger partial charge in [-0.15, -0.1) is 0 Å². The minimum Gasteiger partial charge on any atom is -0.496 e. The Kier molecular flexibility index (Phi) is 6.29. The Morgan fingerprint density at radius 3 is 2.46 bits per heavy atom. The topological polar surface area (TPSA) is 66.8 Å². The van der Waals surface area contributed by atoms with Crippen molar-refractivity contribution in [2.45, 2.75) is 38.6 Å². The maximum absolute atomic E-state index is 14.8. The molecule has 3 aromatic carbocycles. The molecule has 180 valence electrons. The second-order valence-electron chi connectivity index (χ2n) is 9.47. The SMILES string of the molecule is COc1ccc(CC(=O)O)cc1-c1ccc(F)c2c1CN(C(=O)CC1Cc3ccccc3C1)CC2. The van der Waals surface area contributed by atoms with Gasteiger partial charge < -0.3 is 14.7 Å². The molecule has 1 heterocycles. The Hall–Kier alpha value is -3.67. The number of benzene rings is 3. The predicted molar refractivity (Wildman–Crippen MR) is 131 cm³/mol. The fourth-order valence-corrected chi connectivity index (χ4v) is 5.52. The quantitative estimate of drug-likeness (QED) is 0.558. The average molecular weight is 474 g/mol. The lowest BCUT2D eigenvalue weighted by atomic mass is 9.89. The Bertz CT molecular complexity index is 1280. The molecule has 3 aromatic rings. The Balaban J connectivity index is 1.42. The number of carbonyl (C=O) groups is 2. The van der Waals surface area contributed by atoms with E-state index >= 15 is 0 Å². The normalized spacial score (nSPS) is 15.0. The average Bonchev–Trinajstić information content (AvgIpc) is 3.26. The number of methoxy groups -OCH3 is 1. The first-order chi connectivity index (χ1) is 16.9. The third-order valence-electron chi connectivity index (χ3n) is 7.22. The van der Waals surface area contributed by atoms with Gasteiger partial charge in [-0.25, -0.2) is 4.39 Å². The lowest BCUT2D eigenvalue weighted by Crippen LogP contribution is -2.37. The highest BCUT2D eigenvalue weighted by Crippen LogP contribution is 2.38. The van der Waals surface area contributed by atoms with Crippen LogP contribution in [0, 0.1) is 11.7 Å². The molecule has 35 heavy (non-hydrogen) atoms. The van der Waals surface area contributed by atoms with Crippen molar-refractivity contribution in [2.24, 2.45) is 5.92 Å². The van der Waals surface area contributed by atoms with E-state index < -0.39 is 5.97 Å². The van der Waals surface area contributed by atoms with Crippen LogP contribution in [0.1, 0.15) is 34.2 Å². The number of amides is 1. The number of rotatable bonds is 6. The van der Waals surface area contributed by atoms with Crippen LogP contribution in [-0.2, 0) is 41.8 Å². The van der Waals surface area contributed by atoms with Crippen molar-refractivity contribution in [2.75, 3.05) is 13.7 Å². The molecule has 0 saturated carbocycles. The molecule has 1 N–H and O–H groups in total. The summed E-state index contributed by atoms with van der Waals surface area (Å²) in [5.41, 5.74) is 6.16. The maximum atomic E-state index is 14.8. The van der Waals surface area contributed by atoms with Crippen molar-refractivity contribution in [3.05, 3.63) is 88.2 Å². The van der Waals surface area contributed by atoms with Gasteiger partial charge in [-0.05, 0) is 76.8 Å². The molecule has 2 aliphatic rings. The van der Waals surface area contributed by atoms with Crippen molar-refractivity contribution in [1.29, 1.82) is 0 Å². The van der Waals surface area contributed by atoms with Crippen LogP contribution >= 0.6 is 0 Å². The van der Waals surface area contributed by atoms with Gasteiger partial charge in [0.1, 0.15) is 11.6 Å². The Morgan fingerprint density at radius 1 is 1.03 bits per heavy atom. The van der Waals surface area contributed by atoms with E-state index in [1.807, 2.05) is 17.0 Å². The van der Waals surface area contributed by atoms with Gasteiger partial charge >= 0.3 is 5.97 Å². The number of halogens is 1. The molecule has 0 bridgehead atoms. The second kappa shape index (κ2) is 9.53. The fraction of sp³-hybridized carbons (Fsp3) is 0.310. The number of carbonyl (C=O) groups excluding carboxylic acids is 1. The molecule has 0 unspecified atom stereocenters. The number of nitrogens with zero attached hydrogens (tertiary/aromatic N) is 1. The number of carboxylic acids is 1. The summed E-state index contributed by atoms with van der Waals surface area (Å²) in [6.07, 6.45) is 2.64. The van der Waals surface area contributed by atoms with Gasteiger partial charge in [-0.2, -0.15) is 0 Å². The van der Waals surface area contributed by atoms with Crippen LogP contribution in [0.4, 0.5) is 4.39 Å². The monoisotopic (exact) mass is 473 g/mol. The van der Waals surface area contributed by atoms with E-state index in [0.29, 0.717) is 54.3 Å². The van der Waals surface area contributed by atoms with E-state index in [4.69, 9.17) is 4.74 Å². The molecule has 0 spiro atoms. The fourth-order valence-electron chi connectivity index (χ4n) is 5.52. The van der Waals surface area contributed by atoms with E-state index in [-0.39, 0.29) is 18.1 Å². The maximum Gasteiger partial charge on any atom is 0.307 e. The van der Waals surface area contributed by atoms with Gasteiger partial charge in [0.15, 0.2) is 0 Å². The Morgan fingerprint density at radius 2 is 1.77 bits per heavy atom. The molecular formula is C29H28FNO4. The predicted octanol–water partition coefficient (Wildman–Crippen LogP) is 4.82. The first kappa shape index (κ1) is 23.1. The summed E-state index contributed by atoms with van der Waals surface area (Å²) in [5.74, 6) is -0.229. The van der Waals surface area contributed by atoms with Gasteiger partial charge in [-0.3, -0.25) is 9.59 Å². The van der Waals surface area contributed by atoms with Crippen molar-refractivity contribution in [3.8, 4) is 16.9 Å². The minimum absolute atomic E-state index is 0.0928. The van der Waals surface area contributed by atoms with Crippen molar-refractivity contribution < 1.29 is 23.8 Å². The van der Waals surface area contributed by atoms with Crippen molar-refractivity contribution in [1.82, 2.24) is 4.90 Å². The van der Waals surface area contributed by atoms with Crippen molar-refractivity contribution >= 4 is 11.9 Å². The number of aliphatic carboxylic acids is 1.